The van der Waals surface area contributed by atoms with Crippen LogP contribution in [0.3, 0.4) is 0 Å². The Balaban J connectivity index is 1.58. The van der Waals surface area contributed by atoms with Gasteiger partial charge in [0.25, 0.3) is 0 Å². The minimum Gasteiger partial charge on any atom is -0.397 e. The fourth-order valence-electron chi connectivity index (χ4n) is 3.90. The van der Waals surface area contributed by atoms with Crippen molar-refractivity contribution in [3.63, 3.8) is 0 Å². The van der Waals surface area contributed by atoms with Crippen LogP contribution in [0.1, 0.15) is 26.7 Å². The molecule has 2 saturated heterocycles. The Morgan fingerprint density at radius 2 is 1.83 bits per heavy atom. The molecule has 0 saturated carbocycles. The van der Waals surface area contributed by atoms with Gasteiger partial charge in [-0.05, 0) is 44.7 Å². The fraction of sp³-hybridized carbons (Fsp3) is 0.667. The summed E-state index contributed by atoms with van der Waals surface area (Å²) in [6, 6.07) is 5.91. The average Bonchev–Trinajstić information content (AvgIpc) is 2.52. The number of halogens is 1. The Morgan fingerprint density at radius 1 is 1.17 bits per heavy atom. The van der Waals surface area contributed by atoms with E-state index in [0.29, 0.717) is 29.4 Å². The zero-order chi connectivity index (χ0) is 16.4. The van der Waals surface area contributed by atoms with Crippen molar-refractivity contribution in [3.05, 3.63) is 24.0 Å². The Bertz CT molecular complexity index is 501. The minimum atomic E-state index is -0.209. The van der Waals surface area contributed by atoms with Gasteiger partial charge in [0.05, 0.1) is 24.6 Å². The second-order valence-electron chi connectivity index (χ2n) is 7.04. The standard InChI is InChI=1S/C18H28FN3O/c1-13-11-23-12-14(2)22(13)10-15-6-8-21(9-7-15)18-16(19)4-3-5-17(18)20/h3-5,13-15H,6-12,20H2,1-2H3. The van der Waals surface area contributed by atoms with E-state index >= 15 is 0 Å². The normalized spacial score (nSPS) is 27.3. The number of hydrogen-bond donors (Lipinski definition) is 1. The summed E-state index contributed by atoms with van der Waals surface area (Å²) in [5, 5.41) is 0. The maximum Gasteiger partial charge on any atom is 0.148 e. The molecule has 1 aromatic rings. The lowest BCUT2D eigenvalue weighted by Crippen LogP contribution is -2.52. The van der Waals surface area contributed by atoms with Crippen LogP contribution in [0.4, 0.5) is 15.8 Å². The molecule has 5 heteroatoms. The number of benzene rings is 1. The molecule has 2 N–H and O–H groups in total. The molecule has 128 valence electrons. The van der Waals surface area contributed by atoms with Crippen LogP contribution in [0.5, 0.6) is 0 Å². The smallest absolute Gasteiger partial charge is 0.148 e. The van der Waals surface area contributed by atoms with Gasteiger partial charge in [-0.15, -0.1) is 0 Å². The number of rotatable bonds is 3. The summed E-state index contributed by atoms with van der Waals surface area (Å²) in [6.45, 7) is 9.01. The van der Waals surface area contributed by atoms with Crippen molar-refractivity contribution in [2.45, 2.75) is 38.8 Å². The Morgan fingerprint density at radius 3 is 2.43 bits per heavy atom. The lowest BCUT2D eigenvalue weighted by atomic mass is 9.94. The van der Waals surface area contributed by atoms with E-state index in [-0.39, 0.29) is 5.82 Å². The number of hydrogen-bond acceptors (Lipinski definition) is 4. The van der Waals surface area contributed by atoms with E-state index in [0.717, 1.165) is 45.7 Å². The first kappa shape index (κ1) is 16.5. The SMILES string of the molecule is CC1COCC(C)N1CC1CCN(c2c(N)cccc2F)CC1. The summed E-state index contributed by atoms with van der Waals surface area (Å²) in [4.78, 5) is 4.68. The van der Waals surface area contributed by atoms with Gasteiger partial charge in [-0.3, -0.25) is 4.90 Å². The van der Waals surface area contributed by atoms with E-state index in [4.69, 9.17) is 10.5 Å². The van der Waals surface area contributed by atoms with Crippen molar-refractivity contribution >= 4 is 11.4 Å². The molecule has 23 heavy (non-hydrogen) atoms. The minimum absolute atomic E-state index is 0.209. The first-order chi connectivity index (χ1) is 11.1. The van der Waals surface area contributed by atoms with Crippen LogP contribution in [0.25, 0.3) is 0 Å². The first-order valence-electron chi connectivity index (χ1n) is 8.68. The molecule has 0 bridgehead atoms. The summed E-state index contributed by atoms with van der Waals surface area (Å²) in [6.07, 6.45) is 2.18. The number of nitrogen functional groups attached to an aromatic ring is 1. The van der Waals surface area contributed by atoms with Crippen LogP contribution in [-0.4, -0.2) is 49.8 Å². The molecular formula is C18H28FN3O. The Hall–Kier alpha value is -1.33. The van der Waals surface area contributed by atoms with Crippen LogP contribution in [0.15, 0.2) is 18.2 Å². The van der Waals surface area contributed by atoms with Gasteiger partial charge < -0.3 is 15.4 Å². The summed E-state index contributed by atoms with van der Waals surface area (Å²) in [5.74, 6) is 0.459. The number of nitrogens with two attached hydrogens (primary N) is 1. The molecule has 2 aliphatic heterocycles. The number of anilines is 2. The average molecular weight is 321 g/mol. The predicted molar refractivity (Wildman–Crippen MR) is 92.2 cm³/mol. The van der Waals surface area contributed by atoms with E-state index in [1.54, 1.807) is 12.1 Å². The van der Waals surface area contributed by atoms with Crippen molar-refractivity contribution in [1.82, 2.24) is 4.90 Å². The molecule has 2 unspecified atom stereocenters. The molecule has 2 fully saturated rings. The van der Waals surface area contributed by atoms with E-state index in [1.165, 1.54) is 6.07 Å². The number of nitrogens with zero attached hydrogens (tertiary/aromatic N) is 2. The molecule has 0 aromatic heterocycles. The molecule has 2 aliphatic rings. The summed E-state index contributed by atoms with van der Waals surface area (Å²) >= 11 is 0. The second kappa shape index (κ2) is 7.05. The van der Waals surface area contributed by atoms with Gasteiger partial charge in [0, 0.05) is 31.7 Å². The third kappa shape index (κ3) is 3.61. The lowest BCUT2D eigenvalue weighted by molar-refractivity contribution is -0.0444. The van der Waals surface area contributed by atoms with E-state index < -0.39 is 0 Å². The first-order valence-corrected chi connectivity index (χ1v) is 8.68. The van der Waals surface area contributed by atoms with E-state index in [2.05, 4.69) is 23.6 Å². The van der Waals surface area contributed by atoms with Crippen LogP contribution in [0.2, 0.25) is 0 Å². The van der Waals surface area contributed by atoms with Crippen molar-refractivity contribution in [2.75, 3.05) is 43.5 Å². The van der Waals surface area contributed by atoms with Crippen molar-refractivity contribution in [3.8, 4) is 0 Å². The van der Waals surface area contributed by atoms with E-state index in [1.807, 2.05) is 0 Å². The molecule has 4 nitrogen and oxygen atoms in total. The molecule has 2 heterocycles. The monoisotopic (exact) mass is 321 g/mol. The summed E-state index contributed by atoms with van der Waals surface area (Å²) in [5.41, 5.74) is 7.09. The largest absolute Gasteiger partial charge is 0.397 e. The Kier molecular flexibility index (Phi) is 5.07. The van der Waals surface area contributed by atoms with Crippen LogP contribution in [-0.2, 0) is 4.74 Å². The number of ether oxygens (including phenoxy) is 1. The van der Waals surface area contributed by atoms with Gasteiger partial charge in [0.2, 0.25) is 0 Å². The fourth-order valence-corrected chi connectivity index (χ4v) is 3.90. The topological polar surface area (TPSA) is 41.7 Å². The Labute approximate surface area is 138 Å². The third-order valence-corrected chi connectivity index (χ3v) is 5.27. The maximum atomic E-state index is 14.1. The van der Waals surface area contributed by atoms with Gasteiger partial charge >= 0.3 is 0 Å². The quantitative estimate of drug-likeness (QED) is 0.869. The maximum absolute atomic E-state index is 14.1. The van der Waals surface area contributed by atoms with E-state index in [9.17, 15) is 4.39 Å². The van der Waals surface area contributed by atoms with Crippen LogP contribution in [0, 0.1) is 11.7 Å². The highest BCUT2D eigenvalue weighted by Crippen LogP contribution is 2.31. The molecule has 2 atom stereocenters. The molecule has 0 amide bonds. The van der Waals surface area contributed by atoms with Crippen molar-refractivity contribution in [1.29, 1.82) is 0 Å². The summed E-state index contributed by atoms with van der Waals surface area (Å²) < 4.78 is 19.7. The summed E-state index contributed by atoms with van der Waals surface area (Å²) in [7, 11) is 0. The highest BCUT2D eigenvalue weighted by atomic mass is 19.1. The molecule has 3 rings (SSSR count). The van der Waals surface area contributed by atoms with Crippen molar-refractivity contribution < 1.29 is 9.13 Å². The third-order valence-electron chi connectivity index (χ3n) is 5.27. The lowest BCUT2D eigenvalue weighted by Gasteiger charge is -2.42. The highest BCUT2D eigenvalue weighted by molar-refractivity contribution is 5.68. The van der Waals surface area contributed by atoms with Crippen LogP contribution >= 0.6 is 0 Å². The molecular weight excluding hydrogens is 293 g/mol. The van der Waals surface area contributed by atoms with Crippen LogP contribution < -0.4 is 10.6 Å². The van der Waals surface area contributed by atoms with Gasteiger partial charge in [0.15, 0.2) is 0 Å². The number of piperidine rings is 1. The molecule has 1 aromatic carbocycles. The number of morpholine rings is 1. The number of para-hydroxylation sites is 1. The molecule has 0 spiro atoms. The van der Waals surface area contributed by atoms with Gasteiger partial charge in [-0.1, -0.05) is 6.07 Å². The van der Waals surface area contributed by atoms with Gasteiger partial charge in [0.1, 0.15) is 5.82 Å². The second-order valence-corrected chi connectivity index (χ2v) is 7.04. The van der Waals surface area contributed by atoms with Gasteiger partial charge in [-0.2, -0.15) is 0 Å². The predicted octanol–water partition coefficient (Wildman–Crippen LogP) is 2.73. The zero-order valence-electron chi connectivity index (χ0n) is 14.2. The molecule has 0 radical (unpaired) electrons. The highest BCUT2D eigenvalue weighted by Gasteiger charge is 2.30. The molecule has 0 aliphatic carbocycles. The van der Waals surface area contributed by atoms with Gasteiger partial charge in [-0.25, -0.2) is 4.39 Å². The zero-order valence-corrected chi connectivity index (χ0v) is 14.2. The van der Waals surface area contributed by atoms with Crippen molar-refractivity contribution in [2.24, 2.45) is 5.92 Å².